The summed E-state index contributed by atoms with van der Waals surface area (Å²) in [4.78, 5) is 10.2. The highest BCUT2D eigenvalue weighted by atomic mass is 32.2. The maximum absolute atomic E-state index is 13.3. The molecule has 4 rings (SSSR count). The predicted molar refractivity (Wildman–Crippen MR) is 116 cm³/mol. The smallest absolute Gasteiger partial charge is 0.297 e. The number of hydrogen-bond donors (Lipinski definition) is 0. The van der Waals surface area contributed by atoms with Gasteiger partial charge in [-0.1, -0.05) is 37.6 Å². The fourth-order valence-corrected chi connectivity index (χ4v) is 5.24. The fourth-order valence-electron chi connectivity index (χ4n) is 3.82. The average molecular weight is 447 g/mol. The van der Waals surface area contributed by atoms with Crippen molar-refractivity contribution < 1.29 is 17.2 Å². The summed E-state index contributed by atoms with van der Waals surface area (Å²) in [5, 5.41) is 0.676. The minimum absolute atomic E-state index is 0.251. The molecule has 1 saturated heterocycles. The van der Waals surface area contributed by atoms with Crippen molar-refractivity contribution in [3.05, 3.63) is 59.9 Å². The third-order valence-corrected chi connectivity index (χ3v) is 7.35. The Morgan fingerprint density at radius 1 is 0.968 bits per heavy atom. The van der Waals surface area contributed by atoms with E-state index in [1.54, 1.807) is 36.4 Å². The molecule has 0 amide bonds. The molecule has 31 heavy (non-hydrogen) atoms. The third-order valence-electron chi connectivity index (χ3n) is 5.43. The Balaban J connectivity index is 1.55. The minimum atomic E-state index is -3.61. The van der Waals surface area contributed by atoms with Crippen molar-refractivity contribution in [2.45, 2.75) is 31.1 Å². The van der Waals surface area contributed by atoms with Crippen LogP contribution in [0.3, 0.4) is 0 Å². The molecule has 1 aliphatic rings. The summed E-state index contributed by atoms with van der Waals surface area (Å²) < 4.78 is 54.1. The van der Waals surface area contributed by atoms with Crippen LogP contribution in [-0.4, -0.2) is 48.9 Å². The van der Waals surface area contributed by atoms with Crippen molar-refractivity contribution >= 4 is 26.7 Å². The first-order valence-corrected chi connectivity index (χ1v) is 11.7. The van der Waals surface area contributed by atoms with Gasteiger partial charge in [0.05, 0.1) is 10.4 Å². The molecule has 1 aliphatic heterocycles. The number of sulfonamides is 1. The fraction of sp³-hybridized carbons (Fsp3) is 0.364. The largest absolute Gasteiger partial charge is 0.353 e. The van der Waals surface area contributed by atoms with Gasteiger partial charge < -0.3 is 4.90 Å². The second-order valence-corrected chi connectivity index (χ2v) is 9.45. The molecule has 9 heteroatoms. The van der Waals surface area contributed by atoms with Crippen LogP contribution in [0.5, 0.6) is 0 Å². The number of aromatic nitrogens is 2. The van der Waals surface area contributed by atoms with Gasteiger partial charge in [0.25, 0.3) is 6.43 Å². The molecule has 0 unspecified atom stereocenters. The summed E-state index contributed by atoms with van der Waals surface area (Å²) >= 11 is 0. The van der Waals surface area contributed by atoms with Crippen LogP contribution in [0.2, 0.25) is 0 Å². The number of halogens is 2. The number of nitrogens with zero attached hydrogens (tertiary/aromatic N) is 4. The van der Waals surface area contributed by atoms with Gasteiger partial charge in [0.1, 0.15) is 5.82 Å². The van der Waals surface area contributed by atoms with Crippen molar-refractivity contribution in [1.82, 2.24) is 14.3 Å². The zero-order chi connectivity index (χ0) is 22.0. The predicted octanol–water partition coefficient (Wildman–Crippen LogP) is 4.03. The number of aryl methyl sites for hydroxylation is 1. The van der Waals surface area contributed by atoms with E-state index in [-0.39, 0.29) is 18.0 Å². The molecule has 6 nitrogen and oxygen atoms in total. The highest BCUT2D eigenvalue weighted by Gasteiger charge is 2.30. The summed E-state index contributed by atoms with van der Waals surface area (Å²) in [7, 11) is -3.61. The quantitative estimate of drug-likeness (QED) is 0.572. The highest BCUT2D eigenvalue weighted by molar-refractivity contribution is 7.89. The van der Waals surface area contributed by atoms with Gasteiger partial charge in [-0.25, -0.2) is 27.2 Å². The molecule has 0 bridgehead atoms. The molecule has 1 fully saturated rings. The molecule has 3 aromatic rings. The van der Waals surface area contributed by atoms with E-state index >= 15 is 0 Å². The maximum Gasteiger partial charge on any atom is 0.297 e. The van der Waals surface area contributed by atoms with Crippen molar-refractivity contribution in [2.75, 3.05) is 31.1 Å². The van der Waals surface area contributed by atoms with E-state index in [0.717, 1.165) is 18.4 Å². The molecule has 0 aliphatic carbocycles. The van der Waals surface area contributed by atoms with E-state index < -0.39 is 22.3 Å². The van der Waals surface area contributed by atoms with E-state index in [1.807, 2.05) is 17.0 Å². The SMILES string of the molecule is CCCc1ccc(S(=O)(=O)N2CCN(c3nc(C(F)F)nc4ccccc34)CC2)cc1. The van der Waals surface area contributed by atoms with Gasteiger partial charge in [-0.3, -0.25) is 0 Å². The topological polar surface area (TPSA) is 66.4 Å². The molecule has 0 saturated carbocycles. The third kappa shape index (κ3) is 4.38. The number of benzene rings is 2. The number of piperazine rings is 1. The molecule has 164 valence electrons. The van der Waals surface area contributed by atoms with Crippen LogP contribution in [0.1, 0.15) is 31.2 Å². The van der Waals surface area contributed by atoms with Gasteiger partial charge in [-0.05, 0) is 36.2 Å². The number of hydrogen-bond acceptors (Lipinski definition) is 5. The van der Waals surface area contributed by atoms with Crippen LogP contribution in [0, 0.1) is 0 Å². The Morgan fingerprint density at radius 3 is 2.29 bits per heavy atom. The lowest BCUT2D eigenvalue weighted by Crippen LogP contribution is -2.49. The average Bonchev–Trinajstić information content (AvgIpc) is 2.79. The molecule has 2 aromatic carbocycles. The number of alkyl halides is 2. The van der Waals surface area contributed by atoms with E-state index in [4.69, 9.17) is 0 Å². The monoisotopic (exact) mass is 446 g/mol. The number of fused-ring (bicyclic) bond motifs is 1. The summed E-state index contributed by atoms with van der Waals surface area (Å²) in [6.45, 7) is 3.30. The molecule has 0 radical (unpaired) electrons. The molecule has 0 N–H and O–H groups in total. The van der Waals surface area contributed by atoms with E-state index in [9.17, 15) is 17.2 Å². The van der Waals surface area contributed by atoms with Crippen molar-refractivity contribution in [3.63, 3.8) is 0 Å². The van der Waals surface area contributed by atoms with E-state index in [2.05, 4.69) is 16.9 Å². The van der Waals surface area contributed by atoms with E-state index in [0.29, 0.717) is 29.8 Å². The summed E-state index contributed by atoms with van der Waals surface area (Å²) in [5.41, 5.74) is 1.56. The van der Waals surface area contributed by atoms with Crippen LogP contribution in [-0.2, 0) is 16.4 Å². The second-order valence-electron chi connectivity index (χ2n) is 7.51. The highest BCUT2D eigenvalue weighted by Crippen LogP contribution is 2.28. The van der Waals surface area contributed by atoms with Crippen molar-refractivity contribution in [2.24, 2.45) is 0 Å². The Labute approximate surface area is 180 Å². The zero-order valence-corrected chi connectivity index (χ0v) is 18.0. The standard InChI is InChI=1S/C22H24F2N4O2S/c1-2-5-16-8-10-17(11-9-16)31(29,30)28-14-12-27(13-15-28)22-18-6-3-4-7-19(18)25-21(26-22)20(23)24/h3-4,6-11,20H,2,5,12-15H2,1H3. The number of para-hydroxylation sites is 1. The Bertz CT molecular complexity index is 1160. The molecule has 2 heterocycles. The molecule has 1 aromatic heterocycles. The lowest BCUT2D eigenvalue weighted by atomic mass is 10.1. The second kappa shape index (κ2) is 8.84. The Hall–Kier alpha value is -2.65. The summed E-state index contributed by atoms with van der Waals surface area (Å²) in [6.07, 6.45) is -0.869. The van der Waals surface area contributed by atoms with E-state index in [1.165, 1.54) is 4.31 Å². The first kappa shape index (κ1) is 21.6. The van der Waals surface area contributed by atoms with Crippen LogP contribution in [0.15, 0.2) is 53.4 Å². The van der Waals surface area contributed by atoms with Crippen LogP contribution >= 0.6 is 0 Å². The maximum atomic E-state index is 13.3. The van der Waals surface area contributed by atoms with Gasteiger partial charge in [-0.15, -0.1) is 0 Å². The first-order valence-electron chi connectivity index (χ1n) is 10.3. The Morgan fingerprint density at radius 2 is 1.65 bits per heavy atom. The summed E-state index contributed by atoms with van der Waals surface area (Å²) in [5.74, 6) is -0.0993. The van der Waals surface area contributed by atoms with Crippen molar-refractivity contribution in [1.29, 1.82) is 0 Å². The van der Waals surface area contributed by atoms with Crippen LogP contribution < -0.4 is 4.90 Å². The van der Waals surface area contributed by atoms with Crippen molar-refractivity contribution in [3.8, 4) is 0 Å². The lowest BCUT2D eigenvalue weighted by molar-refractivity contribution is 0.141. The van der Waals surface area contributed by atoms with Gasteiger partial charge in [0.2, 0.25) is 10.0 Å². The Kier molecular flexibility index (Phi) is 6.15. The van der Waals surface area contributed by atoms with Gasteiger partial charge in [0.15, 0.2) is 5.82 Å². The zero-order valence-electron chi connectivity index (χ0n) is 17.2. The van der Waals surface area contributed by atoms with Gasteiger partial charge in [0, 0.05) is 31.6 Å². The first-order chi connectivity index (χ1) is 14.9. The minimum Gasteiger partial charge on any atom is -0.353 e. The van der Waals surface area contributed by atoms with Gasteiger partial charge >= 0.3 is 0 Å². The summed E-state index contributed by atoms with van der Waals surface area (Å²) in [6, 6.07) is 14.0. The van der Waals surface area contributed by atoms with Crippen LogP contribution in [0.4, 0.5) is 14.6 Å². The molecule has 0 atom stereocenters. The normalized spacial score (nSPS) is 15.7. The molecular weight excluding hydrogens is 422 g/mol. The number of rotatable bonds is 6. The molecular formula is C22H24F2N4O2S. The van der Waals surface area contributed by atoms with Crippen LogP contribution in [0.25, 0.3) is 10.9 Å². The van der Waals surface area contributed by atoms with Gasteiger partial charge in [-0.2, -0.15) is 4.31 Å². The molecule has 0 spiro atoms. The lowest BCUT2D eigenvalue weighted by Gasteiger charge is -2.35. The number of anilines is 1.